The molecule has 0 saturated carbocycles. The van der Waals surface area contributed by atoms with Crippen LogP contribution in [-0.4, -0.2) is 12.0 Å². The Bertz CT molecular complexity index is 2120. The molecule has 0 spiro atoms. The number of nitrogens with zero attached hydrogens (tertiary/aromatic N) is 3. The SMILES string of the molecule is CN(c1ccc(-c2ccc(N(c3cccc(-c4ccccc4)c3)c3cccc4ccccc34)cc2)cc1)c1ccc([N+](=O)[O-])cc1. The van der Waals surface area contributed by atoms with E-state index >= 15 is 0 Å². The van der Waals surface area contributed by atoms with Crippen molar-refractivity contribution < 1.29 is 4.92 Å². The number of fused-ring (bicyclic) bond motifs is 1. The average Bonchev–Trinajstić information content (AvgIpc) is 3.12. The van der Waals surface area contributed by atoms with Crippen LogP contribution in [0, 0.1) is 10.1 Å². The van der Waals surface area contributed by atoms with Crippen molar-refractivity contribution in [3.05, 3.63) is 180 Å². The van der Waals surface area contributed by atoms with E-state index in [2.05, 4.69) is 144 Å². The molecule has 0 unspecified atom stereocenters. The van der Waals surface area contributed by atoms with Gasteiger partial charge in [0.2, 0.25) is 0 Å². The van der Waals surface area contributed by atoms with Gasteiger partial charge in [0.15, 0.2) is 0 Å². The van der Waals surface area contributed by atoms with E-state index in [1.807, 2.05) is 18.0 Å². The molecule has 0 aliphatic heterocycles. The molecule has 0 atom stereocenters. The lowest BCUT2D eigenvalue weighted by Gasteiger charge is -2.27. The van der Waals surface area contributed by atoms with Gasteiger partial charge in [0.05, 0.1) is 10.6 Å². The number of hydrogen-bond donors (Lipinski definition) is 0. The van der Waals surface area contributed by atoms with Gasteiger partial charge in [-0.15, -0.1) is 0 Å². The lowest BCUT2D eigenvalue weighted by Crippen LogP contribution is -2.10. The molecule has 7 aromatic carbocycles. The van der Waals surface area contributed by atoms with Gasteiger partial charge in [0, 0.05) is 47.3 Å². The number of hydrogen-bond acceptors (Lipinski definition) is 4. The number of non-ortho nitro benzene ring substituents is 1. The van der Waals surface area contributed by atoms with Crippen molar-refractivity contribution in [1.29, 1.82) is 0 Å². The van der Waals surface area contributed by atoms with Crippen molar-refractivity contribution in [2.75, 3.05) is 16.8 Å². The second-order valence-corrected chi connectivity index (χ2v) is 11.2. The summed E-state index contributed by atoms with van der Waals surface area (Å²) < 4.78 is 0. The highest BCUT2D eigenvalue weighted by Crippen LogP contribution is 2.41. The van der Waals surface area contributed by atoms with Crippen LogP contribution < -0.4 is 9.80 Å². The maximum absolute atomic E-state index is 11.0. The molecule has 0 bridgehead atoms. The lowest BCUT2D eigenvalue weighted by atomic mass is 10.0. The van der Waals surface area contributed by atoms with Crippen molar-refractivity contribution in [1.82, 2.24) is 0 Å². The molecule has 0 aliphatic carbocycles. The summed E-state index contributed by atoms with van der Waals surface area (Å²) in [5.41, 5.74) is 9.80. The van der Waals surface area contributed by atoms with E-state index in [4.69, 9.17) is 0 Å². The molecule has 5 heteroatoms. The van der Waals surface area contributed by atoms with Gasteiger partial charge in [-0.25, -0.2) is 0 Å². The summed E-state index contributed by atoms with van der Waals surface area (Å²) in [6.45, 7) is 0. The second-order valence-electron chi connectivity index (χ2n) is 11.2. The fraction of sp³-hybridized carbons (Fsp3) is 0.0244. The molecule has 0 saturated heterocycles. The zero-order valence-electron chi connectivity index (χ0n) is 25.3. The van der Waals surface area contributed by atoms with E-state index < -0.39 is 0 Å². The van der Waals surface area contributed by atoms with Crippen molar-refractivity contribution in [2.45, 2.75) is 0 Å². The van der Waals surface area contributed by atoms with Gasteiger partial charge in [-0.2, -0.15) is 0 Å². The summed E-state index contributed by atoms with van der Waals surface area (Å²) in [7, 11) is 1.96. The molecule has 0 heterocycles. The Hall–Kier alpha value is -6.20. The van der Waals surface area contributed by atoms with Crippen LogP contribution in [0.2, 0.25) is 0 Å². The number of benzene rings is 7. The molecule has 0 fully saturated rings. The molecular formula is C41H31N3O2. The highest BCUT2D eigenvalue weighted by atomic mass is 16.6. The fourth-order valence-electron chi connectivity index (χ4n) is 5.91. The molecule has 0 radical (unpaired) electrons. The van der Waals surface area contributed by atoms with E-state index in [1.54, 1.807) is 12.1 Å². The predicted molar refractivity (Wildman–Crippen MR) is 191 cm³/mol. The minimum Gasteiger partial charge on any atom is -0.345 e. The minimum atomic E-state index is -0.382. The van der Waals surface area contributed by atoms with Crippen molar-refractivity contribution in [3.8, 4) is 22.3 Å². The third-order valence-electron chi connectivity index (χ3n) is 8.38. The quantitative estimate of drug-likeness (QED) is 0.129. The molecular weight excluding hydrogens is 566 g/mol. The average molecular weight is 598 g/mol. The summed E-state index contributed by atoms with van der Waals surface area (Å²) in [5.74, 6) is 0. The van der Waals surface area contributed by atoms with Crippen LogP contribution in [0.3, 0.4) is 0 Å². The van der Waals surface area contributed by atoms with Crippen LogP contribution in [0.5, 0.6) is 0 Å². The number of nitro benzene ring substituents is 1. The summed E-state index contributed by atoms with van der Waals surface area (Å²) in [6.07, 6.45) is 0. The van der Waals surface area contributed by atoms with Crippen LogP contribution in [0.1, 0.15) is 0 Å². The first-order valence-electron chi connectivity index (χ1n) is 15.2. The van der Waals surface area contributed by atoms with Gasteiger partial charge in [0.1, 0.15) is 0 Å². The van der Waals surface area contributed by atoms with Crippen molar-refractivity contribution in [3.63, 3.8) is 0 Å². The number of anilines is 5. The van der Waals surface area contributed by atoms with Crippen LogP contribution in [0.15, 0.2) is 170 Å². The summed E-state index contributed by atoms with van der Waals surface area (Å²) >= 11 is 0. The molecule has 0 amide bonds. The van der Waals surface area contributed by atoms with Crippen molar-refractivity contribution in [2.24, 2.45) is 0 Å². The predicted octanol–water partition coefficient (Wildman–Crippen LogP) is 11.3. The molecule has 0 aliphatic rings. The summed E-state index contributed by atoms with van der Waals surface area (Å²) in [5, 5.41) is 13.4. The monoisotopic (exact) mass is 597 g/mol. The Morgan fingerprint density at radius 1 is 0.478 bits per heavy atom. The Kier molecular flexibility index (Phi) is 7.71. The first-order valence-corrected chi connectivity index (χ1v) is 15.2. The lowest BCUT2D eigenvalue weighted by molar-refractivity contribution is -0.384. The first-order chi connectivity index (χ1) is 22.5. The molecule has 5 nitrogen and oxygen atoms in total. The zero-order valence-corrected chi connectivity index (χ0v) is 25.3. The van der Waals surface area contributed by atoms with Crippen molar-refractivity contribution >= 4 is 44.9 Å². The largest absolute Gasteiger partial charge is 0.345 e. The minimum absolute atomic E-state index is 0.0823. The van der Waals surface area contributed by atoms with Gasteiger partial charge >= 0.3 is 0 Å². The summed E-state index contributed by atoms with van der Waals surface area (Å²) in [4.78, 5) is 15.0. The van der Waals surface area contributed by atoms with Gasteiger partial charge in [-0.3, -0.25) is 10.1 Å². The normalized spacial score (nSPS) is 10.9. The van der Waals surface area contributed by atoms with Crippen LogP contribution in [0.4, 0.5) is 34.1 Å². The van der Waals surface area contributed by atoms with Crippen LogP contribution in [0.25, 0.3) is 33.0 Å². The van der Waals surface area contributed by atoms with E-state index in [0.717, 1.165) is 39.6 Å². The Balaban J connectivity index is 1.22. The topological polar surface area (TPSA) is 49.6 Å². The van der Waals surface area contributed by atoms with E-state index in [1.165, 1.54) is 34.0 Å². The number of nitro groups is 1. The molecule has 7 rings (SSSR count). The van der Waals surface area contributed by atoms with Gasteiger partial charge in [-0.1, -0.05) is 103 Å². The summed E-state index contributed by atoms with van der Waals surface area (Å²) in [6, 6.07) is 57.8. The van der Waals surface area contributed by atoms with Gasteiger partial charge in [-0.05, 0) is 82.2 Å². The Labute approximate surface area is 268 Å². The number of rotatable bonds is 8. The molecule has 7 aromatic rings. The molecule has 0 N–H and O–H groups in total. The fourth-order valence-corrected chi connectivity index (χ4v) is 5.91. The van der Waals surface area contributed by atoms with Crippen LogP contribution >= 0.6 is 0 Å². The Morgan fingerprint density at radius 2 is 1.00 bits per heavy atom. The Morgan fingerprint density at radius 3 is 1.67 bits per heavy atom. The maximum atomic E-state index is 11.0. The zero-order chi connectivity index (χ0) is 31.5. The van der Waals surface area contributed by atoms with E-state index in [9.17, 15) is 10.1 Å². The first kappa shape index (κ1) is 28.6. The van der Waals surface area contributed by atoms with Gasteiger partial charge < -0.3 is 9.80 Å². The standard InChI is InChI=1S/C41H31N3O2/c1-42(36-25-27-38(28-26-36)44(45)46)35-21-17-31(18-22-35)32-19-23-37(24-20-32)43(41-16-8-12-33-11-5-6-15-40(33)41)39-14-7-13-34(29-39)30-9-3-2-4-10-30/h2-29H,1H3. The second kappa shape index (κ2) is 12.4. The molecule has 0 aromatic heterocycles. The maximum Gasteiger partial charge on any atom is 0.269 e. The van der Waals surface area contributed by atoms with Gasteiger partial charge in [0.25, 0.3) is 5.69 Å². The molecule has 222 valence electrons. The third kappa shape index (κ3) is 5.70. The highest BCUT2D eigenvalue weighted by molar-refractivity contribution is 5.99. The third-order valence-corrected chi connectivity index (χ3v) is 8.38. The molecule has 46 heavy (non-hydrogen) atoms. The smallest absolute Gasteiger partial charge is 0.269 e. The highest BCUT2D eigenvalue weighted by Gasteiger charge is 2.16. The van der Waals surface area contributed by atoms with E-state index in [-0.39, 0.29) is 10.6 Å². The van der Waals surface area contributed by atoms with E-state index in [0.29, 0.717) is 0 Å². The van der Waals surface area contributed by atoms with Crippen LogP contribution in [-0.2, 0) is 0 Å².